The molecule has 2 saturated heterocycles. The van der Waals surface area contributed by atoms with Gasteiger partial charge in [-0.25, -0.2) is 4.90 Å². The van der Waals surface area contributed by atoms with Crippen molar-refractivity contribution in [1.29, 1.82) is 0 Å². The van der Waals surface area contributed by atoms with E-state index in [9.17, 15) is 0 Å². The van der Waals surface area contributed by atoms with Crippen molar-refractivity contribution in [3.05, 3.63) is 0 Å². The third-order valence-corrected chi connectivity index (χ3v) is 2.62. The molecule has 3 nitrogen and oxygen atoms in total. The van der Waals surface area contributed by atoms with Gasteiger partial charge in [-0.15, -0.1) is 0 Å². The molecule has 0 aromatic heterocycles. The maximum atomic E-state index is 5.41. The summed E-state index contributed by atoms with van der Waals surface area (Å²) in [5.41, 5.74) is 0.245. The lowest BCUT2D eigenvalue weighted by Gasteiger charge is -2.26. The highest BCUT2D eigenvalue weighted by molar-refractivity contribution is 4.95. The predicted octanol–water partition coefficient (Wildman–Crippen LogP) is 0.803. The molecule has 2 aliphatic rings. The molecule has 0 aromatic carbocycles. The molecule has 0 aromatic rings. The molecule has 0 amide bonds. The summed E-state index contributed by atoms with van der Waals surface area (Å²) in [6.07, 6.45) is 2.41. The Labute approximate surface area is 67.3 Å². The van der Waals surface area contributed by atoms with Gasteiger partial charge >= 0.3 is 0 Å². The minimum absolute atomic E-state index is 0.245. The molecule has 64 valence electrons. The van der Waals surface area contributed by atoms with E-state index < -0.39 is 0 Å². The van der Waals surface area contributed by atoms with Gasteiger partial charge < -0.3 is 9.47 Å². The highest BCUT2D eigenvalue weighted by Gasteiger charge is 2.45. The van der Waals surface area contributed by atoms with E-state index in [1.165, 1.54) is 12.8 Å². The lowest BCUT2D eigenvalue weighted by atomic mass is 9.96. The molecule has 3 heteroatoms. The number of hydrogen-bond acceptors (Lipinski definition) is 3. The predicted molar refractivity (Wildman–Crippen MR) is 41.1 cm³/mol. The Kier molecular flexibility index (Phi) is 1.87. The van der Waals surface area contributed by atoms with E-state index in [0.717, 1.165) is 26.7 Å². The van der Waals surface area contributed by atoms with Crippen LogP contribution in [0.5, 0.6) is 0 Å². The van der Waals surface area contributed by atoms with Crippen LogP contribution in [0.25, 0.3) is 0 Å². The highest BCUT2D eigenvalue weighted by Crippen LogP contribution is 2.31. The third kappa shape index (κ3) is 1.08. The molecule has 2 heterocycles. The number of nitrogens with zero attached hydrogens (tertiary/aromatic N) is 1. The number of fused-ring (bicyclic) bond motifs is 1. The Balaban J connectivity index is 2.07. The SMILES string of the molecule is CCCC12COCN1COC2. The molecule has 0 radical (unpaired) electrons. The van der Waals surface area contributed by atoms with Crippen molar-refractivity contribution >= 4 is 0 Å². The van der Waals surface area contributed by atoms with E-state index in [2.05, 4.69) is 11.8 Å². The Morgan fingerprint density at radius 3 is 2.45 bits per heavy atom. The molecule has 11 heavy (non-hydrogen) atoms. The average Bonchev–Trinajstić information content (AvgIpc) is 2.45. The van der Waals surface area contributed by atoms with Gasteiger partial charge in [-0.3, -0.25) is 0 Å². The van der Waals surface area contributed by atoms with Gasteiger partial charge in [0.05, 0.1) is 18.8 Å². The minimum atomic E-state index is 0.245. The van der Waals surface area contributed by atoms with Crippen LogP contribution in [0.3, 0.4) is 0 Å². The molecule has 2 aliphatic heterocycles. The maximum Gasteiger partial charge on any atom is 0.101 e. The second-order valence-electron chi connectivity index (χ2n) is 3.47. The summed E-state index contributed by atoms with van der Waals surface area (Å²) in [7, 11) is 0. The second-order valence-corrected chi connectivity index (χ2v) is 3.47. The largest absolute Gasteiger partial charge is 0.364 e. The molecule has 0 atom stereocenters. The van der Waals surface area contributed by atoms with E-state index in [1.807, 2.05) is 0 Å². The summed E-state index contributed by atoms with van der Waals surface area (Å²) in [5, 5.41) is 0. The zero-order valence-electron chi connectivity index (χ0n) is 7.01. The van der Waals surface area contributed by atoms with Crippen LogP contribution in [0.2, 0.25) is 0 Å². The number of hydrogen-bond donors (Lipinski definition) is 0. The molecule has 0 bridgehead atoms. The Bertz CT molecular complexity index is 139. The highest BCUT2D eigenvalue weighted by atomic mass is 16.6. The van der Waals surface area contributed by atoms with Crippen LogP contribution >= 0.6 is 0 Å². The molecule has 0 spiro atoms. The monoisotopic (exact) mass is 157 g/mol. The van der Waals surface area contributed by atoms with E-state index >= 15 is 0 Å². The van der Waals surface area contributed by atoms with Crippen molar-refractivity contribution in [3.63, 3.8) is 0 Å². The van der Waals surface area contributed by atoms with Crippen molar-refractivity contribution in [2.75, 3.05) is 26.7 Å². The first-order valence-electron chi connectivity index (χ1n) is 4.28. The molecular formula is C8H15NO2. The van der Waals surface area contributed by atoms with Crippen molar-refractivity contribution in [3.8, 4) is 0 Å². The first-order valence-corrected chi connectivity index (χ1v) is 4.28. The summed E-state index contributed by atoms with van der Waals surface area (Å²) in [6.45, 7) is 5.46. The average molecular weight is 157 g/mol. The van der Waals surface area contributed by atoms with Gasteiger partial charge in [0, 0.05) is 0 Å². The number of rotatable bonds is 2. The molecular weight excluding hydrogens is 142 g/mol. The Morgan fingerprint density at radius 2 is 1.91 bits per heavy atom. The summed E-state index contributed by atoms with van der Waals surface area (Å²) < 4.78 is 10.8. The van der Waals surface area contributed by atoms with Crippen LogP contribution in [-0.4, -0.2) is 37.1 Å². The fourth-order valence-electron chi connectivity index (χ4n) is 1.99. The van der Waals surface area contributed by atoms with Crippen molar-refractivity contribution in [2.24, 2.45) is 0 Å². The molecule has 2 rings (SSSR count). The third-order valence-electron chi connectivity index (χ3n) is 2.62. The molecule has 0 saturated carbocycles. The van der Waals surface area contributed by atoms with Crippen LogP contribution in [-0.2, 0) is 9.47 Å². The summed E-state index contributed by atoms with van der Waals surface area (Å²) in [5.74, 6) is 0. The molecule has 2 fully saturated rings. The lowest BCUT2D eigenvalue weighted by molar-refractivity contribution is 0.0695. The fourth-order valence-corrected chi connectivity index (χ4v) is 1.99. The summed E-state index contributed by atoms with van der Waals surface area (Å²) >= 11 is 0. The van der Waals surface area contributed by atoms with Crippen molar-refractivity contribution in [1.82, 2.24) is 4.90 Å². The maximum absolute atomic E-state index is 5.41. The van der Waals surface area contributed by atoms with E-state index in [4.69, 9.17) is 9.47 Å². The van der Waals surface area contributed by atoms with Gasteiger partial charge in [0.15, 0.2) is 0 Å². The van der Waals surface area contributed by atoms with Gasteiger partial charge in [-0.05, 0) is 6.42 Å². The van der Waals surface area contributed by atoms with Crippen LogP contribution < -0.4 is 0 Å². The quantitative estimate of drug-likeness (QED) is 0.592. The van der Waals surface area contributed by atoms with Gasteiger partial charge in [-0.2, -0.15) is 0 Å². The van der Waals surface area contributed by atoms with Crippen LogP contribution in [0.15, 0.2) is 0 Å². The van der Waals surface area contributed by atoms with Crippen molar-refractivity contribution < 1.29 is 9.47 Å². The molecule has 0 aliphatic carbocycles. The topological polar surface area (TPSA) is 21.7 Å². The normalized spacial score (nSPS) is 29.2. The first kappa shape index (κ1) is 7.53. The number of ether oxygens (including phenoxy) is 2. The standard InChI is InChI=1S/C8H15NO2/c1-2-3-8-4-10-6-9(8)7-11-5-8/h2-7H2,1H3. The van der Waals surface area contributed by atoms with E-state index in [1.54, 1.807) is 0 Å². The van der Waals surface area contributed by atoms with E-state index in [-0.39, 0.29) is 5.54 Å². The van der Waals surface area contributed by atoms with Crippen LogP contribution in [0, 0.1) is 0 Å². The Hall–Kier alpha value is -0.120. The van der Waals surface area contributed by atoms with Crippen molar-refractivity contribution in [2.45, 2.75) is 25.3 Å². The van der Waals surface area contributed by atoms with E-state index in [0.29, 0.717) is 0 Å². The zero-order valence-corrected chi connectivity index (χ0v) is 7.01. The van der Waals surface area contributed by atoms with Crippen LogP contribution in [0.4, 0.5) is 0 Å². The van der Waals surface area contributed by atoms with Crippen LogP contribution in [0.1, 0.15) is 19.8 Å². The second kappa shape index (κ2) is 2.73. The summed E-state index contributed by atoms with van der Waals surface area (Å²) in [6, 6.07) is 0. The van der Waals surface area contributed by atoms with Gasteiger partial charge in [0.2, 0.25) is 0 Å². The molecule has 0 N–H and O–H groups in total. The zero-order chi connectivity index (χ0) is 7.73. The Morgan fingerprint density at radius 1 is 1.27 bits per heavy atom. The first-order chi connectivity index (χ1) is 5.37. The molecule has 0 unspecified atom stereocenters. The van der Waals surface area contributed by atoms with Gasteiger partial charge in [-0.1, -0.05) is 13.3 Å². The summed E-state index contributed by atoms with van der Waals surface area (Å²) in [4.78, 5) is 2.30. The van der Waals surface area contributed by atoms with Gasteiger partial charge in [0.1, 0.15) is 13.5 Å². The smallest absolute Gasteiger partial charge is 0.101 e. The lowest BCUT2D eigenvalue weighted by Crippen LogP contribution is -2.42. The van der Waals surface area contributed by atoms with Gasteiger partial charge in [0.25, 0.3) is 0 Å². The minimum Gasteiger partial charge on any atom is -0.364 e. The fraction of sp³-hybridized carbons (Fsp3) is 1.00.